The number of aromatic nitrogens is 1. The molecule has 0 saturated heterocycles. The van der Waals surface area contributed by atoms with Gasteiger partial charge in [-0.15, -0.1) is 0 Å². The van der Waals surface area contributed by atoms with E-state index >= 15 is 0 Å². The highest BCUT2D eigenvalue weighted by molar-refractivity contribution is 6.01. The second-order valence-electron chi connectivity index (χ2n) is 5.37. The van der Waals surface area contributed by atoms with Crippen LogP contribution in [0.4, 0.5) is 5.82 Å². The van der Waals surface area contributed by atoms with Crippen molar-refractivity contribution in [2.24, 2.45) is 10.9 Å². The Balaban J connectivity index is 2.49. The molecule has 0 atom stereocenters. The lowest BCUT2D eigenvalue weighted by Crippen LogP contribution is -2.32. The molecular weight excluding hydrogens is 268 g/mol. The Bertz CT molecular complexity index is 511. The zero-order valence-electron chi connectivity index (χ0n) is 12.5. The quantitative estimate of drug-likeness (QED) is 0.317. The fourth-order valence-corrected chi connectivity index (χ4v) is 2.82. The number of hydrogen-bond acceptors (Lipinski definition) is 5. The molecule has 6 heteroatoms. The summed E-state index contributed by atoms with van der Waals surface area (Å²) >= 11 is 0. The fraction of sp³-hybridized carbons (Fsp3) is 0.600. The average Bonchev–Trinajstić information content (AvgIpc) is 2.52. The van der Waals surface area contributed by atoms with Crippen LogP contribution >= 0.6 is 0 Å². The van der Waals surface area contributed by atoms with Gasteiger partial charge in [0.25, 0.3) is 0 Å². The maximum atomic E-state index is 9.27. The number of anilines is 1. The molecule has 1 heterocycles. The normalized spacial score (nSPS) is 14.9. The maximum Gasteiger partial charge on any atom is 0.173 e. The van der Waals surface area contributed by atoms with E-state index in [1.165, 1.54) is 5.56 Å². The van der Waals surface area contributed by atoms with E-state index in [0.717, 1.165) is 44.3 Å². The second-order valence-corrected chi connectivity index (χ2v) is 5.37. The van der Waals surface area contributed by atoms with Crippen LogP contribution in [0.1, 0.15) is 43.0 Å². The minimum absolute atomic E-state index is 0.0500. The first-order valence-electron chi connectivity index (χ1n) is 7.57. The molecule has 0 aromatic carbocycles. The molecule has 116 valence electrons. The summed E-state index contributed by atoms with van der Waals surface area (Å²) in [4.78, 5) is 6.76. The number of oxime groups is 1. The van der Waals surface area contributed by atoms with E-state index in [4.69, 9.17) is 15.9 Å². The standard InChI is InChI=1S/C15H24N4O2/c1-2-7-19(8-9-20)15-12(14(16)18-21)10-11-5-3-4-6-13(11)17-15/h10,20-21H,2-9H2,1H3,(H2,16,18). The maximum absolute atomic E-state index is 9.27. The van der Waals surface area contributed by atoms with Gasteiger partial charge in [0.05, 0.1) is 12.2 Å². The van der Waals surface area contributed by atoms with E-state index in [1.807, 2.05) is 11.0 Å². The van der Waals surface area contributed by atoms with Crippen molar-refractivity contribution in [1.29, 1.82) is 0 Å². The molecular formula is C15H24N4O2. The Kier molecular flexibility index (Phi) is 5.38. The van der Waals surface area contributed by atoms with Crippen molar-refractivity contribution in [3.8, 4) is 0 Å². The smallest absolute Gasteiger partial charge is 0.173 e. The third kappa shape index (κ3) is 3.44. The minimum atomic E-state index is 0.0500. The van der Waals surface area contributed by atoms with Crippen molar-refractivity contribution in [2.75, 3.05) is 24.6 Å². The number of nitrogens with zero attached hydrogens (tertiary/aromatic N) is 3. The highest BCUT2D eigenvalue weighted by Crippen LogP contribution is 2.27. The number of amidine groups is 1. The highest BCUT2D eigenvalue weighted by Gasteiger charge is 2.20. The van der Waals surface area contributed by atoms with Gasteiger partial charge in [0, 0.05) is 18.8 Å². The fourth-order valence-electron chi connectivity index (χ4n) is 2.82. The summed E-state index contributed by atoms with van der Waals surface area (Å²) in [7, 11) is 0. The lowest BCUT2D eigenvalue weighted by atomic mass is 9.94. The van der Waals surface area contributed by atoms with Gasteiger partial charge in [-0.05, 0) is 43.7 Å². The van der Waals surface area contributed by atoms with Crippen LogP contribution in [0.3, 0.4) is 0 Å². The van der Waals surface area contributed by atoms with Crippen LogP contribution in [-0.2, 0) is 12.8 Å². The van der Waals surface area contributed by atoms with Crippen LogP contribution in [0, 0.1) is 0 Å². The van der Waals surface area contributed by atoms with Crippen LogP contribution in [0.5, 0.6) is 0 Å². The van der Waals surface area contributed by atoms with Crippen molar-refractivity contribution >= 4 is 11.7 Å². The molecule has 2 rings (SSSR count). The Morgan fingerprint density at radius 3 is 2.81 bits per heavy atom. The van der Waals surface area contributed by atoms with E-state index in [2.05, 4.69) is 12.1 Å². The van der Waals surface area contributed by atoms with Gasteiger partial charge in [-0.2, -0.15) is 0 Å². The minimum Gasteiger partial charge on any atom is -0.409 e. The summed E-state index contributed by atoms with van der Waals surface area (Å²) in [5, 5.41) is 21.4. The van der Waals surface area contributed by atoms with Gasteiger partial charge in [0.1, 0.15) is 5.82 Å². The van der Waals surface area contributed by atoms with Gasteiger partial charge in [0.15, 0.2) is 5.84 Å². The van der Waals surface area contributed by atoms with E-state index in [0.29, 0.717) is 17.9 Å². The zero-order valence-corrected chi connectivity index (χ0v) is 12.5. The molecule has 1 aliphatic rings. The van der Waals surface area contributed by atoms with E-state index in [9.17, 15) is 5.11 Å². The summed E-state index contributed by atoms with van der Waals surface area (Å²) < 4.78 is 0. The number of aryl methyl sites for hydroxylation is 2. The van der Waals surface area contributed by atoms with Crippen LogP contribution in [-0.4, -0.2) is 40.8 Å². The van der Waals surface area contributed by atoms with Crippen molar-refractivity contribution in [2.45, 2.75) is 39.0 Å². The summed E-state index contributed by atoms with van der Waals surface area (Å²) in [6.07, 6.45) is 5.20. The van der Waals surface area contributed by atoms with Crippen LogP contribution in [0.25, 0.3) is 0 Å². The topological polar surface area (TPSA) is 95.0 Å². The zero-order chi connectivity index (χ0) is 15.2. The summed E-state index contributed by atoms with van der Waals surface area (Å²) in [5.74, 6) is 0.784. The molecule has 0 bridgehead atoms. The number of hydrogen-bond donors (Lipinski definition) is 3. The predicted octanol–water partition coefficient (Wildman–Crippen LogP) is 1.26. The van der Waals surface area contributed by atoms with Gasteiger partial charge in [0.2, 0.25) is 0 Å². The largest absolute Gasteiger partial charge is 0.409 e. The van der Waals surface area contributed by atoms with E-state index < -0.39 is 0 Å². The van der Waals surface area contributed by atoms with Gasteiger partial charge < -0.3 is 20.9 Å². The van der Waals surface area contributed by atoms with Crippen molar-refractivity contribution in [1.82, 2.24) is 4.98 Å². The molecule has 4 N–H and O–H groups in total. The third-order valence-electron chi connectivity index (χ3n) is 3.83. The number of aliphatic hydroxyl groups excluding tert-OH is 1. The highest BCUT2D eigenvalue weighted by atomic mass is 16.4. The Hall–Kier alpha value is -1.82. The summed E-state index contributed by atoms with van der Waals surface area (Å²) in [6.45, 7) is 3.39. The van der Waals surface area contributed by atoms with Crippen LogP contribution in [0.2, 0.25) is 0 Å². The first-order chi connectivity index (χ1) is 10.2. The number of pyridine rings is 1. The van der Waals surface area contributed by atoms with E-state index in [-0.39, 0.29) is 12.4 Å². The Morgan fingerprint density at radius 2 is 2.14 bits per heavy atom. The molecule has 21 heavy (non-hydrogen) atoms. The molecule has 1 aromatic rings. The number of aliphatic hydroxyl groups is 1. The molecule has 1 aliphatic carbocycles. The SMILES string of the molecule is CCCN(CCO)c1nc2c(cc1C(N)=NO)CCCC2. The third-order valence-corrected chi connectivity index (χ3v) is 3.83. The molecule has 1 aromatic heterocycles. The summed E-state index contributed by atoms with van der Waals surface area (Å²) in [5.41, 5.74) is 8.77. The predicted molar refractivity (Wildman–Crippen MR) is 83.0 cm³/mol. The Morgan fingerprint density at radius 1 is 1.38 bits per heavy atom. The first-order valence-corrected chi connectivity index (χ1v) is 7.57. The average molecular weight is 292 g/mol. The molecule has 0 unspecified atom stereocenters. The molecule has 0 saturated carbocycles. The van der Waals surface area contributed by atoms with Crippen LogP contribution in [0.15, 0.2) is 11.2 Å². The summed E-state index contributed by atoms with van der Waals surface area (Å²) in [6, 6.07) is 1.99. The molecule has 6 nitrogen and oxygen atoms in total. The van der Waals surface area contributed by atoms with Gasteiger partial charge >= 0.3 is 0 Å². The molecule has 0 aliphatic heterocycles. The van der Waals surface area contributed by atoms with E-state index in [1.54, 1.807) is 0 Å². The van der Waals surface area contributed by atoms with Crippen LogP contribution < -0.4 is 10.6 Å². The Labute approximate surface area is 125 Å². The van der Waals surface area contributed by atoms with Crippen molar-refractivity contribution in [3.63, 3.8) is 0 Å². The van der Waals surface area contributed by atoms with Gasteiger partial charge in [-0.1, -0.05) is 12.1 Å². The van der Waals surface area contributed by atoms with Crippen molar-refractivity contribution in [3.05, 3.63) is 22.9 Å². The van der Waals surface area contributed by atoms with Gasteiger partial charge in [-0.3, -0.25) is 0 Å². The second kappa shape index (κ2) is 7.26. The molecule has 0 spiro atoms. The molecule has 0 fully saturated rings. The van der Waals surface area contributed by atoms with Crippen molar-refractivity contribution < 1.29 is 10.3 Å². The molecule has 0 radical (unpaired) electrons. The monoisotopic (exact) mass is 292 g/mol. The van der Waals surface area contributed by atoms with Gasteiger partial charge in [-0.25, -0.2) is 4.98 Å². The number of fused-ring (bicyclic) bond motifs is 1. The molecule has 0 amide bonds. The number of nitrogens with two attached hydrogens (primary N) is 1. The lowest BCUT2D eigenvalue weighted by Gasteiger charge is -2.27. The number of rotatable bonds is 6. The first kappa shape index (κ1) is 15.6. The lowest BCUT2D eigenvalue weighted by molar-refractivity contribution is 0.301.